The van der Waals surface area contributed by atoms with Crippen LogP contribution in [0.25, 0.3) is 10.2 Å². The lowest BCUT2D eigenvalue weighted by molar-refractivity contribution is -0.145. The number of aromatic nitrogens is 1. The number of carbonyl (C=O) groups excluding carboxylic acids is 1. The van der Waals surface area contributed by atoms with Crippen LogP contribution in [-0.2, 0) is 9.53 Å². The number of fused-ring (bicyclic) bond motifs is 1. The summed E-state index contributed by atoms with van der Waals surface area (Å²) in [5, 5.41) is 0.832. The van der Waals surface area contributed by atoms with Crippen molar-refractivity contribution in [2.24, 2.45) is 0 Å². The number of esters is 1. The van der Waals surface area contributed by atoms with Gasteiger partial charge in [0.25, 0.3) is 0 Å². The van der Waals surface area contributed by atoms with Crippen molar-refractivity contribution in [2.75, 3.05) is 13.2 Å². The Hall–Kier alpha value is -1.62. The molecule has 0 radical (unpaired) electrons. The number of benzene rings is 1. The highest BCUT2D eigenvalue weighted by molar-refractivity contribution is 7.18. The van der Waals surface area contributed by atoms with Gasteiger partial charge in [-0.3, -0.25) is 4.79 Å². The number of hydrogen-bond donors (Lipinski definition) is 0. The minimum Gasteiger partial charge on any atom is -0.494 e. The standard InChI is InChI=1S/C16H21NO3S/c1-4-7-12(16(18)20-6-3)15-17-13-9-8-11(19-5-2)10-14(13)21-15/h8-10,12H,4-7H2,1-3H3. The minimum absolute atomic E-state index is 0.177. The highest BCUT2D eigenvalue weighted by Crippen LogP contribution is 2.33. The summed E-state index contributed by atoms with van der Waals surface area (Å²) < 4.78 is 11.7. The molecular formula is C16H21NO3S. The summed E-state index contributed by atoms with van der Waals surface area (Å²) in [5.41, 5.74) is 0.906. The van der Waals surface area contributed by atoms with Crippen LogP contribution in [0.5, 0.6) is 5.75 Å². The van der Waals surface area contributed by atoms with E-state index in [0.717, 1.165) is 33.8 Å². The molecule has 0 saturated heterocycles. The maximum absolute atomic E-state index is 12.1. The maximum Gasteiger partial charge on any atom is 0.315 e. The smallest absolute Gasteiger partial charge is 0.315 e. The summed E-state index contributed by atoms with van der Waals surface area (Å²) in [5.74, 6) is 0.398. The average Bonchev–Trinajstić information content (AvgIpc) is 2.88. The van der Waals surface area contributed by atoms with Gasteiger partial charge in [0.15, 0.2) is 0 Å². The molecule has 2 aromatic rings. The number of carbonyl (C=O) groups is 1. The number of thiazole rings is 1. The van der Waals surface area contributed by atoms with Crippen LogP contribution >= 0.6 is 11.3 Å². The maximum atomic E-state index is 12.1. The molecule has 5 heteroatoms. The van der Waals surface area contributed by atoms with Crippen molar-refractivity contribution >= 4 is 27.5 Å². The quantitative estimate of drug-likeness (QED) is 0.721. The fraction of sp³-hybridized carbons (Fsp3) is 0.500. The van der Waals surface area contributed by atoms with E-state index in [1.807, 2.05) is 32.0 Å². The fourth-order valence-electron chi connectivity index (χ4n) is 2.20. The van der Waals surface area contributed by atoms with Gasteiger partial charge in [-0.2, -0.15) is 0 Å². The molecule has 1 aromatic carbocycles. The van der Waals surface area contributed by atoms with E-state index in [1.165, 1.54) is 0 Å². The van der Waals surface area contributed by atoms with E-state index in [4.69, 9.17) is 9.47 Å². The number of hydrogen-bond acceptors (Lipinski definition) is 5. The normalized spacial score (nSPS) is 12.3. The van der Waals surface area contributed by atoms with Gasteiger partial charge in [0, 0.05) is 0 Å². The van der Waals surface area contributed by atoms with Gasteiger partial charge in [0.05, 0.1) is 23.4 Å². The van der Waals surface area contributed by atoms with Gasteiger partial charge in [-0.25, -0.2) is 4.98 Å². The van der Waals surface area contributed by atoms with Crippen molar-refractivity contribution in [3.05, 3.63) is 23.2 Å². The van der Waals surface area contributed by atoms with E-state index in [9.17, 15) is 4.79 Å². The predicted molar refractivity (Wildman–Crippen MR) is 85.1 cm³/mol. The van der Waals surface area contributed by atoms with E-state index >= 15 is 0 Å². The fourth-order valence-corrected chi connectivity index (χ4v) is 3.32. The number of ether oxygens (including phenoxy) is 2. The zero-order valence-electron chi connectivity index (χ0n) is 12.7. The second-order valence-electron chi connectivity index (χ2n) is 4.71. The average molecular weight is 307 g/mol. The lowest BCUT2D eigenvalue weighted by Crippen LogP contribution is -2.15. The van der Waals surface area contributed by atoms with Crippen molar-refractivity contribution < 1.29 is 14.3 Å². The molecule has 2 rings (SSSR count). The van der Waals surface area contributed by atoms with Crippen LogP contribution in [0.3, 0.4) is 0 Å². The van der Waals surface area contributed by atoms with Gasteiger partial charge >= 0.3 is 5.97 Å². The van der Waals surface area contributed by atoms with Crippen LogP contribution in [0.4, 0.5) is 0 Å². The molecule has 1 unspecified atom stereocenters. The first-order chi connectivity index (χ1) is 10.2. The molecule has 0 saturated carbocycles. The Morgan fingerprint density at radius 2 is 2.10 bits per heavy atom. The Bertz CT molecular complexity index is 609. The van der Waals surface area contributed by atoms with Crippen molar-refractivity contribution in [2.45, 2.75) is 39.5 Å². The van der Waals surface area contributed by atoms with Gasteiger partial charge in [-0.05, 0) is 38.5 Å². The Kier molecular flexibility index (Phi) is 5.56. The molecule has 0 aliphatic rings. The van der Waals surface area contributed by atoms with E-state index in [0.29, 0.717) is 13.2 Å². The zero-order chi connectivity index (χ0) is 15.2. The highest BCUT2D eigenvalue weighted by atomic mass is 32.1. The van der Waals surface area contributed by atoms with Gasteiger partial charge in [0.1, 0.15) is 16.7 Å². The van der Waals surface area contributed by atoms with Crippen LogP contribution in [-0.4, -0.2) is 24.2 Å². The topological polar surface area (TPSA) is 48.4 Å². The van der Waals surface area contributed by atoms with Crippen LogP contribution < -0.4 is 4.74 Å². The summed E-state index contributed by atoms with van der Waals surface area (Å²) >= 11 is 1.55. The summed E-state index contributed by atoms with van der Waals surface area (Å²) in [4.78, 5) is 16.7. The molecule has 1 atom stereocenters. The third kappa shape index (κ3) is 3.73. The minimum atomic E-state index is -0.261. The number of rotatable bonds is 7. The Balaban J connectivity index is 2.32. The first-order valence-corrected chi connectivity index (χ1v) is 8.21. The Labute approximate surface area is 129 Å². The Morgan fingerprint density at radius 1 is 1.29 bits per heavy atom. The summed E-state index contributed by atoms with van der Waals surface area (Å²) in [6.07, 6.45) is 1.68. The van der Waals surface area contributed by atoms with Crippen molar-refractivity contribution in [3.8, 4) is 5.75 Å². The second-order valence-corrected chi connectivity index (χ2v) is 5.77. The molecule has 1 aromatic heterocycles. The summed E-state index contributed by atoms with van der Waals surface area (Å²) in [7, 11) is 0. The SMILES string of the molecule is CCCC(C(=O)OCC)c1nc2ccc(OCC)cc2s1. The lowest BCUT2D eigenvalue weighted by atomic mass is 10.1. The third-order valence-electron chi connectivity index (χ3n) is 3.13. The van der Waals surface area contributed by atoms with Crippen molar-refractivity contribution in [1.29, 1.82) is 0 Å². The molecule has 4 nitrogen and oxygen atoms in total. The third-order valence-corrected chi connectivity index (χ3v) is 4.27. The molecular weight excluding hydrogens is 286 g/mol. The number of nitrogens with zero attached hydrogens (tertiary/aromatic N) is 1. The van der Waals surface area contributed by atoms with Crippen molar-refractivity contribution in [3.63, 3.8) is 0 Å². The highest BCUT2D eigenvalue weighted by Gasteiger charge is 2.24. The molecule has 0 amide bonds. The first-order valence-electron chi connectivity index (χ1n) is 7.39. The van der Waals surface area contributed by atoms with Crippen LogP contribution in [0.2, 0.25) is 0 Å². The largest absolute Gasteiger partial charge is 0.494 e. The van der Waals surface area contributed by atoms with E-state index in [-0.39, 0.29) is 11.9 Å². The van der Waals surface area contributed by atoms with Crippen LogP contribution in [0, 0.1) is 0 Å². The second kappa shape index (κ2) is 7.41. The summed E-state index contributed by atoms with van der Waals surface area (Å²) in [6.45, 7) is 6.89. The van der Waals surface area contributed by atoms with Gasteiger partial charge < -0.3 is 9.47 Å². The molecule has 114 valence electrons. The zero-order valence-corrected chi connectivity index (χ0v) is 13.5. The molecule has 0 N–H and O–H groups in total. The van der Waals surface area contributed by atoms with Crippen LogP contribution in [0.15, 0.2) is 18.2 Å². The molecule has 21 heavy (non-hydrogen) atoms. The molecule has 0 aliphatic heterocycles. The van der Waals surface area contributed by atoms with Gasteiger partial charge in [0.2, 0.25) is 0 Å². The van der Waals surface area contributed by atoms with E-state index in [1.54, 1.807) is 11.3 Å². The molecule has 0 aliphatic carbocycles. The van der Waals surface area contributed by atoms with Gasteiger partial charge in [-0.15, -0.1) is 11.3 Å². The monoisotopic (exact) mass is 307 g/mol. The summed E-state index contributed by atoms with van der Waals surface area (Å²) in [6, 6.07) is 5.83. The Morgan fingerprint density at radius 3 is 2.76 bits per heavy atom. The van der Waals surface area contributed by atoms with E-state index in [2.05, 4.69) is 11.9 Å². The van der Waals surface area contributed by atoms with Gasteiger partial charge in [-0.1, -0.05) is 13.3 Å². The molecule has 0 fully saturated rings. The lowest BCUT2D eigenvalue weighted by Gasteiger charge is -2.11. The first kappa shape index (κ1) is 15.8. The van der Waals surface area contributed by atoms with Crippen LogP contribution in [0.1, 0.15) is 44.5 Å². The predicted octanol–water partition coefficient (Wildman–Crippen LogP) is 4.14. The van der Waals surface area contributed by atoms with Crippen molar-refractivity contribution in [1.82, 2.24) is 4.98 Å². The molecule has 0 bridgehead atoms. The molecule has 0 spiro atoms. The molecule has 1 heterocycles. The van der Waals surface area contributed by atoms with E-state index < -0.39 is 0 Å².